The van der Waals surface area contributed by atoms with E-state index in [-0.39, 0.29) is 18.1 Å². The highest BCUT2D eigenvalue weighted by molar-refractivity contribution is 8.27. The molecule has 0 atom stereocenters. The van der Waals surface area contributed by atoms with Crippen LogP contribution in [0, 0.1) is 0 Å². The molecule has 0 spiro atoms. The predicted octanol–water partition coefficient (Wildman–Crippen LogP) is 3.18. The van der Waals surface area contributed by atoms with Gasteiger partial charge in [-0.05, 0) is 42.8 Å². The number of carbonyl (C=O) groups excluding carboxylic acids is 2. The third-order valence-corrected chi connectivity index (χ3v) is 8.23. The highest BCUT2D eigenvalue weighted by atomic mass is 32.2. The van der Waals surface area contributed by atoms with Gasteiger partial charge in [0.2, 0.25) is 6.41 Å². The molecule has 2 aliphatic heterocycles. The van der Waals surface area contributed by atoms with Crippen molar-refractivity contribution in [3.05, 3.63) is 58.5 Å². The van der Waals surface area contributed by atoms with Crippen molar-refractivity contribution in [2.45, 2.75) is 11.3 Å². The molecule has 2 aromatic rings. The number of nitrogens with one attached hydrogen (secondary N) is 2. The number of anilines is 3. The molecule has 2 amide bonds. The Morgan fingerprint density at radius 1 is 1.09 bits per heavy atom. The smallest absolute Gasteiger partial charge is 0.273 e. The number of nitrogens with zero attached hydrogens (tertiary/aromatic N) is 2. The second kappa shape index (κ2) is 9.73. The van der Waals surface area contributed by atoms with Gasteiger partial charge in [0.15, 0.2) is 4.32 Å². The summed E-state index contributed by atoms with van der Waals surface area (Å²) in [5.74, 6) is -0.643. The van der Waals surface area contributed by atoms with Gasteiger partial charge in [-0.15, -0.1) is 0 Å². The average Bonchev–Trinajstić information content (AvgIpc) is 3.28. The number of benzene rings is 2. The monoisotopic (exact) mass is 522 g/mol. The fourth-order valence-corrected chi connectivity index (χ4v) is 6.49. The summed E-state index contributed by atoms with van der Waals surface area (Å²) in [6, 6.07) is 14.5. The summed E-state index contributed by atoms with van der Waals surface area (Å²) in [5.41, 5.74) is 7.14. The van der Waals surface area contributed by atoms with Crippen molar-refractivity contribution in [3.8, 4) is 0 Å². The molecule has 0 aliphatic carbocycles. The minimum atomic E-state index is -4.08. The van der Waals surface area contributed by atoms with E-state index in [0.717, 1.165) is 10.6 Å². The van der Waals surface area contributed by atoms with Crippen LogP contribution in [0.1, 0.15) is 6.42 Å². The van der Waals surface area contributed by atoms with Gasteiger partial charge in [-0.25, -0.2) is 0 Å². The van der Waals surface area contributed by atoms with Crippen LogP contribution in [0.5, 0.6) is 0 Å². The Balaban J connectivity index is 1.62. The molecule has 2 aromatic carbocycles. The number of carbonyl (C=O) groups is 2. The zero-order chi connectivity index (χ0) is 23.6. The SMILES string of the molecule is O=CNNc1ccc(N2C(=O)C(=C3Sc4ccccc4N3CCCS(=O)(=O)O)SC2=S)cc1. The highest BCUT2D eigenvalue weighted by Crippen LogP contribution is 2.51. The highest BCUT2D eigenvalue weighted by Gasteiger charge is 2.39. The molecule has 3 N–H and O–H groups in total. The van der Waals surface area contributed by atoms with Crippen molar-refractivity contribution in [3.63, 3.8) is 0 Å². The lowest BCUT2D eigenvalue weighted by molar-refractivity contribution is -0.113. The zero-order valence-corrected chi connectivity index (χ0v) is 20.2. The molecule has 0 aromatic heterocycles. The standard InChI is InChI=1S/C20H18N4O5S4/c25-12-21-22-13-6-8-14(9-7-13)24-18(26)17(32-20(24)30)19-23(10-3-11-33(27,28)29)15-4-1-2-5-16(15)31-19/h1-2,4-9,12,22H,3,10-11H2,(H,21,25)(H,27,28,29). The van der Waals surface area contributed by atoms with Crippen LogP contribution in [-0.2, 0) is 19.7 Å². The third-order valence-electron chi connectivity index (χ3n) is 4.76. The second-order valence-corrected chi connectivity index (χ2v) is 11.2. The largest absolute Gasteiger partial charge is 0.334 e. The normalized spacial score (nSPS) is 18.0. The van der Waals surface area contributed by atoms with Crippen LogP contribution < -0.4 is 20.7 Å². The summed E-state index contributed by atoms with van der Waals surface area (Å²) >= 11 is 8.11. The summed E-state index contributed by atoms with van der Waals surface area (Å²) in [6.07, 6.45) is 0.710. The molecule has 1 saturated heterocycles. The number of thioether (sulfide) groups is 2. The topological polar surface area (TPSA) is 119 Å². The maximum absolute atomic E-state index is 13.4. The average molecular weight is 523 g/mol. The maximum Gasteiger partial charge on any atom is 0.273 e. The van der Waals surface area contributed by atoms with E-state index in [1.807, 2.05) is 29.2 Å². The van der Waals surface area contributed by atoms with E-state index in [2.05, 4.69) is 10.9 Å². The molecule has 0 saturated carbocycles. The summed E-state index contributed by atoms with van der Waals surface area (Å²) in [7, 11) is -4.08. The zero-order valence-electron chi connectivity index (χ0n) is 16.9. The van der Waals surface area contributed by atoms with Gasteiger partial charge in [-0.3, -0.25) is 29.9 Å². The second-order valence-electron chi connectivity index (χ2n) is 6.94. The molecule has 1 fully saturated rings. The minimum absolute atomic E-state index is 0.195. The first-order valence-corrected chi connectivity index (χ1v) is 13.3. The van der Waals surface area contributed by atoms with Gasteiger partial charge in [0, 0.05) is 11.4 Å². The van der Waals surface area contributed by atoms with Gasteiger partial charge in [0.1, 0.15) is 9.93 Å². The number of para-hydroxylation sites is 1. The molecule has 2 heterocycles. The fraction of sp³-hybridized carbons (Fsp3) is 0.150. The maximum atomic E-state index is 13.4. The van der Waals surface area contributed by atoms with Crippen molar-refractivity contribution in [1.29, 1.82) is 0 Å². The molecular formula is C20H18N4O5S4. The molecule has 13 heteroatoms. The van der Waals surface area contributed by atoms with Gasteiger partial charge in [0.05, 0.1) is 22.8 Å². The van der Waals surface area contributed by atoms with Crippen LogP contribution in [0.25, 0.3) is 0 Å². The van der Waals surface area contributed by atoms with Crippen LogP contribution in [0.2, 0.25) is 0 Å². The fourth-order valence-electron chi connectivity index (χ4n) is 3.36. The van der Waals surface area contributed by atoms with Crippen molar-refractivity contribution in [2.24, 2.45) is 0 Å². The quantitative estimate of drug-likeness (QED) is 0.157. The number of hydrogen-bond acceptors (Lipinski definition) is 9. The first-order chi connectivity index (χ1) is 15.8. The molecule has 4 rings (SSSR count). The molecular weight excluding hydrogens is 505 g/mol. The van der Waals surface area contributed by atoms with Crippen molar-refractivity contribution < 1.29 is 22.6 Å². The lowest BCUT2D eigenvalue weighted by Crippen LogP contribution is -2.29. The third kappa shape index (κ3) is 5.17. The Bertz CT molecular complexity index is 1250. The van der Waals surface area contributed by atoms with E-state index in [1.54, 1.807) is 24.3 Å². The van der Waals surface area contributed by atoms with Crippen LogP contribution >= 0.6 is 35.7 Å². The summed E-state index contributed by atoms with van der Waals surface area (Å²) in [6.45, 7) is 0.313. The van der Waals surface area contributed by atoms with E-state index in [9.17, 15) is 18.0 Å². The molecule has 0 bridgehead atoms. The van der Waals surface area contributed by atoms with Gasteiger partial charge >= 0.3 is 0 Å². The van der Waals surface area contributed by atoms with E-state index < -0.39 is 10.1 Å². The van der Waals surface area contributed by atoms with Crippen LogP contribution in [0.4, 0.5) is 17.1 Å². The Morgan fingerprint density at radius 2 is 1.82 bits per heavy atom. The van der Waals surface area contributed by atoms with Crippen molar-refractivity contribution in [2.75, 3.05) is 27.5 Å². The van der Waals surface area contributed by atoms with Gasteiger partial charge in [0.25, 0.3) is 16.0 Å². The Kier molecular flexibility index (Phi) is 6.95. The van der Waals surface area contributed by atoms with Crippen LogP contribution in [-0.4, -0.2) is 41.9 Å². The summed E-state index contributed by atoms with van der Waals surface area (Å²) < 4.78 is 31.8. The van der Waals surface area contributed by atoms with E-state index in [4.69, 9.17) is 16.8 Å². The van der Waals surface area contributed by atoms with Crippen LogP contribution in [0.3, 0.4) is 0 Å². The number of thiocarbonyl (C=S) groups is 1. The number of rotatable bonds is 8. The molecule has 2 aliphatic rings. The Hall–Kier alpha value is -2.58. The Morgan fingerprint density at radius 3 is 2.52 bits per heavy atom. The first kappa shape index (κ1) is 23.6. The van der Waals surface area contributed by atoms with Gasteiger partial charge in [-0.2, -0.15) is 8.42 Å². The molecule has 0 unspecified atom stereocenters. The number of hydrogen-bond donors (Lipinski definition) is 3. The Labute approximate surface area is 204 Å². The number of amides is 2. The van der Waals surface area contributed by atoms with Crippen LogP contribution in [0.15, 0.2) is 63.4 Å². The van der Waals surface area contributed by atoms with Gasteiger partial charge < -0.3 is 4.90 Å². The minimum Gasteiger partial charge on any atom is -0.334 e. The van der Waals surface area contributed by atoms with E-state index in [1.165, 1.54) is 28.4 Å². The predicted molar refractivity (Wildman–Crippen MR) is 135 cm³/mol. The van der Waals surface area contributed by atoms with E-state index >= 15 is 0 Å². The summed E-state index contributed by atoms with van der Waals surface area (Å²) in [4.78, 5) is 28.6. The molecule has 172 valence electrons. The lowest BCUT2D eigenvalue weighted by atomic mass is 10.2. The van der Waals surface area contributed by atoms with Crippen molar-refractivity contribution in [1.82, 2.24) is 5.43 Å². The molecule has 0 radical (unpaired) electrons. The summed E-state index contributed by atoms with van der Waals surface area (Å²) in [5, 5.41) is 0.680. The number of fused-ring (bicyclic) bond motifs is 1. The lowest BCUT2D eigenvalue weighted by Gasteiger charge is -2.21. The molecule has 33 heavy (non-hydrogen) atoms. The van der Waals surface area contributed by atoms with Gasteiger partial charge in [-0.1, -0.05) is 47.9 Å². The van der Waals surface area contributed by atoms with Crippen molar-refractivity contribution >= 4 is 79.6 Å². The number of hydrazine groups is 1. The first-order valence-electron chi connectivity index (χ1n) is 9.64. The molecule has 9 nitrogen and oxygen atoms in total. The van der Waals surface area contributed by atoms with E-state index in [0.29, 0.717) is 38.6 Å².